The van der Waals surface area contributed by atoms with Crippen LogP contribution >= 0.6 is 0 Å². The van der Waals surface area contributed by atoms with Crippen molar-refractivity contribution in [3.63, 3.8) is 0 Å². The third kappa shape index (κ3) is 7.61. The Labute approximate surface area is 112 Å². The van der Waals surface area contributed by atoms with E-state index in [9.17, 15) is 0 Å². The van der Waals surface area contributed by atoms with Crippen molar-refractivity contribution >= 4 is 23.1 Å². The topological polar surface area (TPSA) is 18.5 Å². The average Bonchev–Trinajstić information content (AvgIpc) is 2.14. The van der Waals surface area contributed by atoms with Crippen molar-refractivity contribution in [1.29, 1.82) is 0 Å². The molecule has 0 unspecified atom stereocenters. The summed E-state index contributed by atoms with van der Waals surface area (Å²) in [7, 11) is 0. The minimum atomic E-state index is 0. The number of halogens is 1. The van der Waals surface area contributed by atoms with E-state index in [2.05, 4.69) is 6.07 Å². The summed E-state index contributed by atoms with van der Waals surface area (Å²) in [6.45, 7) is 3.96. The Bertz CT molecular complexity index is 207. The average molecular weight is 269 g/mol. The Morgan fingerprint density at radius 1 is 1.36 bits per heavy atom. The van der Waals surface area contributed by atoms with Crippen molar-refractivity contribution in [2.75, 3.05) is 19.8 Å². The van der Waals surface area contributed by atoms with Gasteiger partial charge in [-0.3, -0.25) is 0 Å². The van der Waals surface area contributed by atoms with E-state index in [1.807, 2.05) is 31.2 Å². The molecule has 0 N–H and O–H groups in total. The molecule has 0 saturated carbocycles. The van der Waals surface area contributed by atoms with Crippen LogP contribution in [0, 0.1) is 6.07 Å². The maximum Gasteiger partial charge on any atom is 2.00 e. The number of benzene rings is 1. The van der Waals surface area contributed by atoms with E-state index in [-0.39, 0.29) is 40.0 Å². The van der Waals surface area contributed by atoms with Crippen LogP contribution in [0.3, 0.4) is 0 Å². The number of hydrogen-bond acceptors (Lipinski definition) is 2. The molecule has 0 aromatic heterocycles. The van der Waals surface area contributed by atoms with E-state index in [0.29, 0.717) is 13.2 Å². The second-order valence-corrected chi connectivity index (χ2v) is 2.28. The largest absolute Gasteiger partial charge is 2.00 e. The van der Waals surface area contributed by atoms with Crippen LogP contribution in [0.25, 0.3) is 0 Å². The molecule has 0 aliphatic heterocycles. The molecule has 0 radical (unpaired) electrons. The summed E-state index contributed by atoms with van der Waals surface area (Å²) in [6.07, 6.45) is 0. The van der Waals surface area contributed by atoms with Crippen LogP contribution in [-0.4, -0.2) is 42.9 Å². The predicted molar refractivity (Wildman–Crippen MR) is 53.0 cm³/mol. The van der Waals surface area contributed by atoms with E-state index in [1.54, 1.807) is 0 Å². The van der Waals surface area contributed by atoms with Gasteiger partial charge in [-0.2, -0.15) is 18.2 Å². The fourth-order valence-electron chi connectivity index (χ4n) is 0.829. The molecule has 74 valence electrons. The summed E-state index contributed by atoms with van der Waals surface area (Å²) in [6, 6.07) is 10.4. The molecule has 4 heteroatoms. The van der Waals surface area contributed by atoms with Gasteiger partial charge in [-0.1, -0.05) is 0 Å². The van der Waals surface area contributed by atoms with Gasteiger partial charge in [0.05, 0.1) is 13.2 Å². The SMILES string of the molecule is CCOCCOc1c[c-]ccc1.[Br-].[Mg+2]. The van der Waals surface area contributed by atoms with Crippen LogP contribution in [-0.2, 0) is 4.74 Å². The molecule has 1 aromatic carbocycles. The van der Waals surface area contributed by atoms with Gasteiger partial charge in [-0.15, -0.1) is 12.1 Å². The quantitative estimate of drug-likeness (QED) is 0.369. The monoisotopic (exact) mass is 268 g/mol. The number of ether oxygens (including phenoxy) is 2. The standard InChI is InChI=1S/C10H13O2.BrH.Mg/c1-2-11-8-9-12-10-6-4-3-5-7-10;;/h3-4,6-7H,2,8-9H2,1H3;1H;/q-1;;+2/p-1. The Hall–Kier alpha value is 0.226. The second kappa shape index (κ2) is 11.3. The summed E-state index contributed by atoms with van der Waals surface area (Å²) >= 11 is 0. The maximum absolute atomic E-state index is 5.35. The van der Waals surface area contributed by atoms with E-state index < -0.39 is 0 Å². The zero-order valence-corrected chi connectivity index (χ0v) is 11.3. The summed E-state index contributed by atoms with van der Waals surface area (Å²) in [4.78, 5) is 0. The van der Waals surface area contributed by atoms with Crippen LogP contribution < -0.4 is 21.7 Å². The number of rotatable bonds is 5. The van der Waals surface area contributed by atoms with Gasteiger partial charge in [0, 0.05) is 12.4 Å². The van der Waals surface area contributed by atoms with Crippen molar-refractivity contribution in [2.45, 2.75) is 6.92 Å². The molecule has 1 aromatic rings. The molecular formula is C10H13BrMgO2. The van der Waals surface area contributed by atoms with Crippen molar-refractivity contribution < 1.29 is 26.5 Å². The Morgan fingerprint density at radius 2 is 2.14 bits per heavy atom. The number of hydrogen-bond donors (Lipinski definition) is 0. The molecule has 0 amide bonds. The molecule has 2 nitrogen and oxygen atoms in total. The van der Waals surface area contributed by atoms with Gasteiger partial charge in [0.25, 0.3) is 0 Å². The molecular weight excluding hydrogens is 256 g/mol. The van der Waals surface area contributed by atoms with E-state index in [4.69, 9.17) is 9.47 Å². The molecule has 0 fully saturated rings. The van der Waals surface area contributed by atoms with Crippen molar-refractivity contribution in [3.05, 3.63) is 30.3 Å². The summed E-state index contributed by atoms with van der Waals surface area (Å²) < 4.78 is 10.5. The van der Waals surface area contributed by atoms with Crippen LogP contribution in [0.15, 0.2) is 24.3 Å². The first-order valence-corrected chi connectivity index (χ1v) is 4.10. The minimum absolute atomic E-state index is 0. The maximum atomic E-state index is 5.35. The molecule has 0 spiro atoms. The zero-order chi connectivity index (χ0) is 8.65. The first-order chi connectivity index (χ1) is 5.93. The van der Waals surface area contributed by atoms with E-state index in [1.165, 1.54) is 0 Å². The summed E-state index contributed by atoms with van der Waals surface area (Å²) in [5.41, 5.74) is 0. The molecule has 0 bridgehead atoms. The van der Waals surface area contributed by atoms with Gasteiger partial charge in [0.2, 0.25) is 0 Å². The Morgan fingerprint density at radius 3 is 2.71 bits per heavy atom. The fourth-order valence-corrected chi connectivity index (χ4v) is 0.829. The molecule has 0 atom stereocenters. The summed E-state index contributed by atoms with van der Waals surface area (Å²) in [5.74, 6) is 0.845. The fraction of sp³-hybridized carbons (Fsp3) is 0.400. The van der Waals surface area contributed by atoms with Crippen molar-refractivity contribution in [2.24, 2.45) is 0 Å². The van der Waals surface area contributed by atoms with Gasteiger partial charge < -0.3 is 26.5 Å². The smallest absolute Gasteiger partial charge is 1.00 e. The minimum Gasteiger partial charge on any atom is -1.00 e. The van der Waals surface area contributed by atoms with E-state index >= 15 is 0 Å². The normalized spacial score (nSPS) is 8.36. The summed E-state index contributed by atoms with van der Waals surface area (Å²) in [5, 5.41) is 0. The van der Waals surface area contributed by atoms with Crippen LogP contribution in [0.4, 0.5) is 0 Å². The first kappa shape index (κ1) is 16.6. The van der Waals surface area contributed by atoms with Crippen LogP contribution in [0.5, 0.6) is 5.75 Å². The zero-order valence-electron chi connectivity index (χ0n) is 8.33. The second-order valence-electron chi connectivity index (χ2n) is 2.28. The molecule has 0 saturated heterocycles. The third-order valence-electron chi connectivity index (χ3n) is 1.38. The molecule has 1 rings (SSSR count). The molecule has 14 heavy (non-hydrogen) atoms. The van der Waals surface area contributed by atoms with Gasteiger partial charge in [0.1, 0.15) is 0 Å². The Kier molecular flexibility index (Phi) is 13.4. The van der Waals surface area contributed by atoms with Crippen LogP contribution in [0.1, 0.15) is 6.92 Å². The Balaban J connectivity index is 0. The van der Waals surface area contributed by atoms with Crippen LogP contribution in [0.2, 0.25) is 0 Å². The third-order valence-corrected chi connectivity index (χ3v) is 1.38. The first-order valence-electron chi connectivity index (χ1n) is 4.10. The molecule has 0 aliphatic rings. The van der Waals surface area contributed by atoms with Gasteiger partial charge in [-0.25, -0.2) is 0 Å². The van der Waals surface area contributed by atoms with Crippen molar-refractivity contribution in [1.82, 2.24) is 0 Å². The van der Waals surface area contributed by atoms with Gasteiger partial charge >= 0.3 is 23.1 Å². The van der Waals surface area contributed by atoms with E-state index in [0.717, 1.165) is 12.4 Å². The molecule has 0 heterocycles. The molecule has 0 aliphatic carbocycles. The predicted octanol–water partition coefficient (Wildman–Crippen LogP) is -1.47. The van der Waals surface area contributed by atoms with Gasteiger partial charge in [0.15, 0.2) is 0 Å². The van der Waals surface area contributed by atoms with Gasteiger partial charge in [-0.05, 0) is 6.92 Å². The van der Waals surface area contributed by atoms with Crippen molar-refractivity contribution in [3.8, 4) is 5.75 Å².